The van der Waals surface area contributed by atoms with Crippen LogP contribution in [0.25, 0.3) is 0 Å². The van der Waals surface area contributed by atoms with Gasteiger partial charge in [-0.15, -0.1) is 0 Å². The number of rotatable bonds is 0. The van der Waals surface area contributed by atoms with Gasteiger partial charge in [-0.25, -0.2) is 0 Å². The summed E-state index contributed by atoms with van der Waals surface area (Å²) < 4.78 is 0. The average Bonchev–Trinajstić information content (AvgIpc) is 0. The van der Waals surface area contributed by atoms with Gasteiger partial charge in [0.25, 0.3) is 0 Å². The molecule has 0 aliphatic heterocycles. The van der Waals surface area contributed by atoms with Crippen molar-refractivity contribution in [2.24, 2.45) is 0 Å². The van der Waals surface area contributed by atoms with Gasteiger partial charge < -0.3 is 86.8 Å². The third-order valence-electron chi connectivity index (χ3n) is 0. The van der Waals surface area contributed by atoms with E-state index >= 15 is 0 Å². The molecular formula is Cl7NaU-6. The number of hydrogen-bond donors (Lipinski definition) is 0. The minimum absolute atomic E-state index is 0. The van der Waals surface area contributed by atoms with Crippen LogP contribution >= 0.6 is 0 Å². The van der Waals surface area contributed by atoms with E-state index in [2.05, 4.69) is 0 Å². The van der Waals surface area contributed by atoms with Crippen molar-refractivity contribution in [3.8, 4) is 0 Å². The second-order valence-corrected chi connectivity index (χ2v) is 0. The van der Waals surface area contributed by atoms with Crippen LogP contribution in [-0.4, -0.2) is 0 Å². The van der Waals surface area contributed by atoms with E-state index in [1.54, 1.807) is 0 Å². The summed E-state index contributed by atoms with van der Waals surface area (Å²) in [5.41, 5.74) is 0. The molecule has 0 radical (unpaired) electrons. The van der Waals surface area contributed by atoms with Crippen molar-refractivity contribution in [2.75, 3.05) is 0 Å². The van der Waals surface area contributed by atoms with Crippen molar-refractivity contribution in [3.05, 3.63) is 0 Å². The molecule has 0 atom stereocenters. The third-order valence-corrected chi connectivity index (χ3v) is 0. The van der Waals surface area contributed by atoms with Crippen molar-refractivity contribution in [2.45, 2.75) is 0 Å². The summed E-state index contributed by atoms with van der Waals surface area (Å²) in [5, 5.41) is 0. The normalized spacial score (nSPS) is 0. The number of hydrogen-bond acceptors (Lipinski definition) is 0. The quantitative estimate of drug-likeness (QED) is 0.285. The molecule has 0 aliphatic rings. The van der Waals surface area contributed by atoms with E-state index in [0.29, 0.717) is 0 Å². The SMILES string of the molecule is [Cl-].[Cl-].[Cl-].[Cl-].[Cl-].[Cl-].[Cl-].[Na+].[U]. The smallest absolute Gasteiger partial charge is 1.00 e. The van der Waals surface area contributed by atoms with Gasteiger partial charge in [-0.2, -0.15) is 0 Å². The topological polar surface area (TPSA) is 0 Å². The standard InChI is InChI=1S/7ClH.Na.U/h7*1H;;/q;;;;;;;+1;/p-7. The van der Waals surface area contributed by atoms with Crippen LogP contribution in [-0.2, 0) is 0 Å². The summed E-state index contributed by atoms with van der Waals surface area (Å²) in [6, 6.07) is 0. The Kier molecular flexibility index (Phi) is 1130. The van der Waals surface area contributed by atoms with Crippen LogP contribution in [0, 0.1) is 31.1 Å². The van der Waals surface area contributed by atoms with E-state index in [0.717, 1.165) is 0 Å². The van der Waals surface area contributed by atoms with Crippen molar-refractivity contribution >= 4 is 0 Å². The molecule has 0 saturated heterocycles. The van der Waals surface area contributed by atoms with Gasteiger partial charge in [-0.1, -0.05) is 0 Å². The average molecular weight is 509 g/mol. The van der Waals surface area contributed by atoms with Crippen LogP contribution in [0.2, 0.25) is 0 Å². The zero-order chi connectivity index (χ0) is 0. The van der Waals surface area contributed by atoms with Crippen LogP contribution in [0.4, 0.5) is 0 Å². The molecule has 0 amide bonds. The Morgan fingerprint density at radius 3 is 0.333 bits per heavy atom. The number of halogens is 7. The van der Waals surface area contributed by atoms with E-state index in [1.165, 1.54) is 0 Å². The maximum atomic E-state index is 0. The van der Waals surface area contributed by atoms with E-state index in [9.17, 15) is 0 Å². The molecular weight excluding hydrogens is 509 g/mol. The second-order valence-electron chi connectivity index (χ2n) is 0. The van der Waals surface area contributed by atoms with Crippen LogP contribution in [0.3, 0.4) is 0 Å². The first-order valence-corrected chi connectivity index (χ1v) is 0. The minimum Gasteiger partial charge on any atom is -1.00 e. The molecule has 0 saturated carbocycles. The minimum atomic E-state index is 0. The summed E-state index contributed by atoms with van der Waals surface area (Å²) in [5.74, 6) is 0. The van der Waals surface area contributed by atoms with E-state index < -0.39 is 0 Å². The first kappa shape index (κ1) is 115. The molecule has 0 unspecified atom stereocenters. The third kappa shape index (κ3) is 73.7. The van der Waals surface area contributed by atoms with Gasteiger partial charge >= 0.3 is 29.6 Å². The molecule has 0 heterocycles. The Labute approximate surface area is 145 Å². The van der Waals surface area contributed by atoms with Crippen LogP contribution in [0.5, 0.6) is 0 Å². The van der Waals surface area contributed by atoms with E-state index in [-0.39, 0.29) is 148 Å². The largest absolute Gasteiger partial charge is 1.00 e. The maximum absolute atomic E-state index is 0. The van der Waals surface area contributed by atoms with Gasteiger partial charge in [0.15, 0.2) is 0 Å². The maximum Gasteiger partial charge on any atom is 1.00 e. The van der Waals surface area contributed by atoms with Gasteiger partial charge in [-0.05, 0) is 0 Å². The molecule has 0 fully saturated rings. The monoisotopic (exact) mass is 506 g/mol. The molecule has 9 heteroatoms. The fourth-order valence-electron chi connectivity index (χ4n) is 0. The summed E-state index contributed by atoms with van der Waals surface area (Å²) in [6.07, 6.45) is 0. The van der Waals surface area contributed by atoms with Crippen molar-refractivity contribution < 1.29 is 148 Å². The Balaban J connectivity index is 0. The molecule has 0 aromatic carbocycles. The molecule has 0 spiro atoms. The van der Waals surface area contributed by atoms with Crippen molar-refractivity contribution in [1.29, 1.82) is 0 Å². The summed E-state index contributed by atoms with van der Waals surface area (Å²) in [4.78, 5) is 0. The molecule has 60 valence electrons. The van der Waals surface area contributed by atoms with Crippen LogP contribution < -0.4 is 116 Å². The Hall–Kier alpha value is 4.08. The van der Waals surface area contributed by atoms with E-state index in [4.69, 9.17) is 0 Å². The van der Waals surface area contributed by atoms with Crippen molar-refractivity contribution in [3.63, 3.8) is 0 Å². The van der Waals surface area contributed by atoms with Gasteiger partial charge in [0, 0.05) is 31.1 Å². The summed E-state index contributed by atoms with van der Waals surface area (Å²) in [6.45, 7) is 0. The molecule has 9 heavy (non-hydrogen) atoms. The molecule has 0 aliphatic carbocycles. The predicted molar refractivity (Wildman–Crippen MR) is 0 cm³/mol. The fraction of sp³-hybridized carbons (Fsp3) is 0. The van der Waals surface area contributed by atoms with Crippen LogP contribution in [0.1, 0.15) is 0 Å². The van der Waals surface area contributed by atoms with Gasteiger partial charge in [0.05, 0.1) is 0 Å². The fourth-order valence-corrected chi connectivity index (χ4v) is 0. The molecule has 0 rings (SSSR count). The first-order chi connectivity index (χ1) is 0. The molecule has 0 aromatic rings. The molecule has 0 aromatic heterocycles. The Morgan fingerprint density at radius 1 is 0.333 bits per heavy atom. The second kappa shape index (κ2) is 89.1. The Morgan fingerprint density at radius 2 is 0.333 bits per heavy atom. The van der Waals surface area contributed by atoms with E-state index in [1.807, 2.05) is 0 Å². The van der Waals surface area contributed by atoms with Gasteiger partial charge in [0.2, 0.25) is 0 Å². The van der Waals surface area contributed by atoms with Gasteiger partial charge in [0.1, 0.15) is 0 Å². The first-order valence-electron chi connectivity index (χ1n) is 0. The summed E-state index contributed by atoms with van der Waals surface area (Å²) >= 11 is 0. The molecule has 0 bridgehead atoms. The predicted octanol–water partition coefficient (Wildman–Crippen LogP) is -24.0. The molecule has 0 N–H and O–H groups in total. The summed E-state index contributed by atoms with van der Waals surface area (Å²) in [7, 11) is 0. The zero-order valence-electron chi connectivity index (χ0n) is 4.15. The van der Waals surface area contributed by atoms with Crippen molar-refractivity contribution in [1.82, 2.24) is 0 Å². The zero-order valence-corrected chi connectivity index (χ0v) is 15.6. The molecule has 0 nitrogen and oxygen atoms in total. The van der Waals surface area contributed by atoms with Crippen LogP contribution in [0.15, 0.2) is 0 Å². The Bertz CT molecular complexity index is 8.88. The van der Waals surface area contributed by atoms with Gasteiger partial charge in [-0.3, -0.25) is 0 Å².